The predicted molar refractivity (Wildman–Crippen MR) is 127 cm³/mol. The lowest BCUT2D eigenvalue weighted by Crippen LogP contribution is -2.33. The second kappa shape index (κ2) is 9.06. The molecule has 0 radical (unpaired) electrons. The Labute approximate surface area is 194 Å². The normalized spacial score (nSPS) is 18.6. The first-order valence-electron chi connectivity index (χ1n) is 11.4. The van der Waals surface area contributed by atoms with Crippen molar-refractivity contribution in [1.82, 2.24) is 5.01 Å². The molecule has 0 N–H and O–H groups in total. The van der Waals surface area contributed by atoms with Crippen LogP contribution in [0.5, 0.6) is 23.0 Å². The minimum absolute atomic E-state index is 0.0574. The van der Waals surface area contributed by atoms with E-state index in [1.54, 1.807) is 7.11 Å². The van der Waals surface area contributed by atoms with Crippen molar-refractivity contribution in [3.05, 3.63) is 83.4 Å². The Bertz CT molecular complexity index is 1140. The summed E-state index contributed by atoms with van der Waals surface area (Å²) in [5.41, 5.74) is 4.21. The summed E-state index contributed by atoms with van der Waals surface area (Å²) in [5.74, 6) is 3.22. The topological polar surface area (TPSA) is 52.5 Å². The van der Waals surface area contributed by atoms with Crippen LogP contribution in [0.25, 0.3) is 0 Å². The number of fused-ring (bicyclic) bond motifs is 3. The highest BCUT2D eigenvalue weighted by molar-refractivity contribution is 6.02. The zero-order chi connectivity index (χ0) is 22.8. The molecule has 3 aromatic carbocycles. The van der Waals surface area contributed by atoms with Gasteiger partial charge in [0.15, 0.2) is 11.5 Å². The molecule has 33 heavy (non-hydrogen) atoms. The second-order valence-corrected chi connectivity index (χ2v) is 7.95. The molecule has 6 heteroatoms. The van der Waals surface area contributed by atoms with Gasteiger partial charge in [-0.15, -0.1) is 0 Å². The quantitative estimate of drug-likeness (QED) is 0.465. The van der Waals surface area contributed by atoms with Crippen molar-refractivity contribution in [2.45, 2.75) is 32.5 Å². The maximum absolute atomic E-state index is 6.52. The number of hydrazone groups is 1. The lowest BCUT2D eigenvalue weighted by molar-refractivity contribution is -0.0209. The van der Waals surface area contributed by atoms with Gasteiger partial charge in [-0.3, -0.25) is 0 Å². The molecule has 6 nitrogen and oxygen atoms in total. The molecule has 0 fully saturated rings. The van der Waals surface area contributed by atoms with E-state index in [0.29, 0.717) is 13.2 Å². The van der Waals surface area contributed by atoms with Crippen LogP contribution in [0, 0.1) is 0 Å². The summed E-state index contributed by atoms with van der Waals surface area (Å²) in [6.45, 7) is 5.25. The summed E-state index contributed by atoms with van der Waals surface area (Å²) in [4.78, 5) is 0. The molecule has 3 aromatic rings. The predicted octanol–water partition coefficient (Wildman–Crippen LogP) is 5.73. The number of hydrogen-bond donors (Lipinski definition) is 0. The molecule has 2 atom stereocenters. The number of hydrogen-bond acceptors (Lipinski definition) is 6. The lowest BCUT2D eigenvalue weighted by atomic mass is 9.95. The van der Waals surface area contributed by atoms with Crippen molar-refractivity contribution in [1.29, 1.82) is 0 Å². The monoisotopic (exact) mass is 444 g/mol. The Kier molecular flexibility index (Phi) is 5.82. The smallest absolute Gasteiger partial charge is 0.214 e. The Morgan fingerprint density at radius 1 is 0.909 bits per heavy atom. The minimum Gasteiger partial charge on any atom is -0.494 e. The molecule has 0 aliphatic carbocycles. The molecule has 0 unspecified atom stereocenters. The van der Waals surface area contributed by atoms with E-state index in [9.17, 15) is 0 Å². The summed E-state index contributed by atoms with van der Waals surface area (Å²) in [6, 6.07) is 22.3. The van der Waals surface area contributed by atoms with E-state index in [-0.39, 0.29) is 12.3 Å². The van der Waals surface area contributed by atoms with E-state index in [4.69, 9.17) is 24.0 Å². The zero-order valence-electron chi connectivity index (χ0n) is 19.2. The molecule has 2 aliphatic heterocycles. The molecule has 0 aromatic heterocycles. The molecule has 0 saturated carbocycles. The van der Waals surface area contributed by atoms with E-state index in [0.717, 1.165) is 51.8 Å². The molecule has 2 aliphatic rings. The first kappa shape index (κ1) is 21.2. The van der Waals surface area contributed by atoms with Crippen LogP contribution in [0.4, 0.5) is 0 Å². The van der Waals surface area contributed by atoms with Crippen molar-refractivity contribution in [3.8, 4) is 23.0 Å². The van der Waals surface area contributed by atoms with Crippen LogP contribution in [0.2, 0.25) is 0 Å². The summed E-state index contributed by atoms with van der Waals surface area (Å²) in [5, 5.41) is 7.11. The molecule has 0 saturated heterocycles. The van der Waals surface area contributed by atoms with Gasteiger partial charge in [-0.25, -0.2) is 5.01 Å². The van der Waals surface area contributed by atoms with Crippen molar-refractivity contribution < 1.29 is 18.9 Å². The fourth-order valence-corrected chi connectivity index (χ4v) is 4.44. The van der Waals surface area contributed by atoms with Gasteiger partial charge in [0, 0.05) is 17.5 Å². The summed E-state index contributed by atoms with van der Waals surface area (Å²) >= 11 is 0. The Morgan fingerprint density at radius 2 is 1.58 bits per heavy atom. The van der Waals surface area contributed by atoms with Gasteiger partial charge in [0.2, 0.25) is 6.23 Å². The Morgan fingerprint density at radius 3 is 2.21 bits per heavy atom. The highest BCUT2D eigenvalue weighted by Crippen LogP contribution is 2.50. The van der Waals surface area contributed by atoms with Gasteiger partial charge >= 0.3 is 0 Å². The van der Waals surface area contributed by atoms with Gasteiger partial charge in [-0.2, -0.15) is 5.10 Å². The zero-order valence-corrected chi connectivity index (χ0v) is 19.2. The van der Waals surface area contributed by atoms with Crippen molar-refractivity contribution >= 4 is 5.71 Å². The first-order valence-corrected chi connectivity index (χ1v) is 11.4. The molecule has 0 bridgehead atoms. The Balaban J connectivity index is 1.53. The largest absolute Gasteiger partial charge is 0.494 e. The molecule has 170 valence electrons. The molecular weight excluding hydrogens is 416 g/mol. The third-order valence-corrected chi connectivity index (χ3v) is 5.98. The summed E-state index contributed by atoms with van der Waals surface area (Å²) < 4.78 is 23.4. The van der Waals surface area contributed by atoms with Crippen LogP contribution in [0.1, 0.15) is 49.2 Å². The van der Waals surface area contributed by atoms with Crippen LogP contribution in [-0.4, -0.2) is 31.0 Å². The third-order valence-electron chi connectivity index (χ3n) is 5.98. The minimum atomic E-state index is -0.366. The van der Waals surface area contributed by atoms with E-state index >= 15 is 0 Å². The van der Waals surface area contributed by atoms with Crippen LogP contribution in [0.15, 0.2) is 71.8 Å². The molecule has 5 rings (SSSR count). The van der Waals surface area contributed by atoms with Gasteiger partial charge in [0.25, 0.3) is 0 Å². The lowest BCUT2D eigenvalue weighted by Gasteiger charge is -2.38. The highest BCUT2D eigenvalue weighted by Gasteiger charge is 2.42. The number of benzene rings is 3. The maximum atomic E-state index is 6.52. The fraction of sp³-hybridized carbons (Fsp3) is 0.296. The van der Waals surface area contributed by atoms with E-state index in [1.165, 1.54) is 0 Å². The average molecular weight is 445 g/mol. The molecule has 0 amide bonds. The molecule has 0 spiro atoms. The van der Waals surface area contributed by atoms with Crippen molar-refractivity contribution in [2.75, 3.05) is 20.3 Å². The summed E-state index contributed by atoms with van der Waals surface area (Å²) in [7, 11) is 1.67. The van der Waals surface area contributed by atoms with Crippen molar-refractivity contribution in [2.24, 2.45) is 5.10 Å². The first-order chi connectivity index (χ1) is 16.2. The number of para-hydroxylation sites is 1. The van der Waals surface area contributed by atoms with Crippen LogP contribution < -0.4 is 18.9 Å². The van der Waals surface area contributed by atoms with E-state index in [1.807, 2.05) is 62.4 Å². The SMILES string of the molecule is CCOc1ccc(C2=NN3[C@H](C2)c2cccc(OC)c2O[C@@H]3c2ccc(OCC)cc2)cc1. The molecular formula is C27H28N2O4. The van der Waals surface area contributed by atoms with Gasteiger partial charge < -0.3 is 18.9 Å². The number of ether oxygens (including phenoxy) is 4. The van der Waals surface area contributed by atoms with Crippen molar-refractivity contribution in [3.63, 3.8) is 0 Å². The van der Waals surface area contributed by atoms with Gasteiger partial charge in [0.1, 0.15) is 11.5 Å². The maximum Gasteiger partial charge on any atom is 0.214 e. The van der Waals surface area contributed by atoms with Crippen LogP contribution >= 0.6 is 0 Å². The number of rotatable bonds is 7. The van der Waals surface area contributed by atoms with Gasteiger partial charge in [0.05, 0.1) is 32.1 Å². The number of methoxy groups -OCH3 is 1. The highest BCUT2D eigenvalue weighted by atomic mass is 16.5. The van der Waals surface area contributed by atoms with Crippen LogP contribution in [0.3, 0.4) is 0 Å². The van der Waals surface area contributed by atoms with Gasteiger partial charge in [-0.1, -0.05) is 12.1 Å². The fourth-order valence-electron chi connectivity index (χ4n) is 4.44. The standard InChI is InChI=1S/C27H28N2O4/c1-4-31-20-13-9-18(10-14-20)23-17-24-22-7-6-8-25(30-3)26(22)33-27(29(24)28-23)19-11-15-21(16-12-19)32-5-2/h6-16,24,27H,4-5,17H2,1-3H3/t24-,27-/m1/s1. The van der Waals surface area contributed by atoms with E-state index < -0.39 is 0 Å². The molecule has 2 heterocycles. The summed E-state index contributed by atoms with van der Waals surface area (Å²) in [6.07, 6.45) is 0.417. The third kappa shape index (κ3) is 3.97. The van der Waals surface area contributed by atoms with E-state index in [2.05, 4.69) is 23.2 Å². The number of nitrogens with zero attached hydrogens (tertiary/aromatic N) is 2. The average Bonchev–Trinajstić information content (AvgIpc) is 3.30. The second-order valence-electron chi connectivity index (χ2n) is 7.95. The van der Waals surface area contributed by atoms with Crippen LogP contribution in [-0.2, 0) is 0 Å². The van der Waals surface area contributed by atoms with Gasteiger partial charge in [-0.05, 0) is 74.0 Å². The Hall–Kier alpha value is -3.67.